The lowest BCUT2D eigenvalue weighted by Crippen LogP contribution is -2.09. The van der Waals surface area contributed by atoms with Crippen LogP contribution in [0.3, 0.4) is 0 Å². The smallest absolute Gasteiger partial charge is 0.123 e. The first-order valence-corrected chi connectivity index (χ1v) is 6.75. The molecule has 0 spiro atoms. The number of ether oxygens (including phenoxy) is 2. The van der Waals surface area contributed by atoms with E-state index >= 15 is 0 Å². The van der Waals surface area contributed by atoms with E-state index in [0.717, 1.165) is 21.9 Å². The molecule has 0 amide bonds. The van der Waals surface area contributed by atoms with E-state index in [0.29, 0.717) is 19.0 Å². The lowest BCUT2D eigenvalue weighted by Gasteiger charge is -2.11. The summed E-state index contributed by atoms with van der Waals surface area (Å²) < 4.78 is 11.1. The van der Waals surface area contributed by atoms with Crippen LogP contribution < -0.4 is 9.47 Å². The third-order valence-electron chi connectivity index (χ3n) is 2.85. The molecule has 0 radical (unpaired) electrons. The number of benzene rings is 2. The van der Waals surface area contributed by atoms with Crippen LogP contribution >= 0.6 is 11.6 Å². The van der Waals surface area contributed by atoms with Crippen LogP contribution in [-0.4, -0.2) is 18.3 Å². The fourth-order valence-electron chi connectivity index (χ4n) is 1.88. The van der Waals surface area contributed by atoms with Crippen LogP contribution in [0.4, 0.5) is 0 Å². The Hall–Kier alpha value is -1.87. The second-order valence-corrected chi connectivity index (χ2v) is 4.94. The zero-order valence-electron chi connectivity index (χ0n) is 11.5. The fraction of sp³-hybridized carbons (Fsp3) is 0.250. The first-order valence-electron chi connectivity index (χ1n) is 6.37. The number of aromatic hydroxyl groups is 1. The van der Waals surface area contributed by atoms with Crippen LogP contribution in [0.5, 0.6) is 17.2 Å². The predicted octanol–water partition coefficient (Wildman–Crippen LogP) is 4.12. The summed E-state index contributed by atoms with van der Waals surface area (Å²) in [6, 6.07) is 10.5. The van der Waals surface area contributed by atoms with Crippen molar-refractivity contribution in [1.29, 1.82) is 0 Å². The van der Waals surface area contributed by atoms with E-state index in [1.807, 2.05) is 26.0 Å². The second kappa shape index (κ2) is 6.53. The first kappa shape index (κ1) is 14.5. The molecule has 106 valence electrons. The lowest BCUT2D eigenvalue weighted by molar-refractivity contribution is 0.216. The number of phenolic OH excluding ortho intramolecular Hbond substituents is 1. The van der Waals surface area contributed by atoms with Gasteiger partial charge in [-0.3, -0.25) is 0 Å². The molecule has 0 atom stereocenters. The van der Waals surface area contributed by atoms with Gasteiger partial charge in [-0.05, 0) is 49.2 Å². The zero-order valence-corrected chi connectivity index (χ0v) is 12.3. The largest absolute Gasteiger partial charge is 0.508 e. The predicted molar refractivity (Wildman–Crippen MR) is 80.0 cm³/mol. The molecular formula is C16H17ClO3. The number of aryl methyl sites for hydroxylation is 2. The molecule has 0 aliphatic heterocycles. The molecule has 0 fully saturated rings. The van der Waals surface area contributed by atoms with E-state index in [9.17, 15) is 5.11 Å². The van der Waals surface area contributed by atoms with Gasteiger partial charge in [0.25, 0.3) is 0 Å². The molecule has 2 rings (SSSR count). The van der Waals surface area contributed by atoms with Crippen molar-refractivity contribution in [3.8, 4) is 17.2 Å². The molecule has 0 aliphatic carbocycles. The zero-order chi connectivity index (χ0) is 14.5. The number of hydrogen-bond acceptors (Lipinski definition) is 3. The Bertz CT molecular complexity index is 573. The Balaban J connectivity index is 1.84. The van der Waals surface area contributed by atoms with E-state index in [4.69, 9.17) is 21.1 Å². The molecule has 3 nitrogen and oxygen atoms in total. The van der Waals surface area contributed by atoms with Gasteiger partial charge in [-0.25, -0.2) is 0 Å². The summed E-state index contributed by atoms with van der Waals surface area (Å²) in [6.45, 7) is 4.73. The van der Waals surface area contributed by atoms with Gasteiger partial charge in [0, 0.05) is 11.1 Å². The quantitative estimate of drug-likeness (QED) is 0.843. The van der Waals surface area contributed by atoms with E-state index in [1.165, 1.54) is 0 Å². The Morgan fingerprint density at radius 2 is 1.55 bits per heavy atom. The summed E-state index contributed by atoms with van der Waals surface area (Å²) in [5.41, 5.74) is 1.99. The molecule has 0 bridgehead atoms. The molecule has 0 unspecified atom stereocenters. The van der Waals surface area contributed by atoms with Gasteiger partial charge in [-0.15, -0.1) is 0 Å². The Morgan fingerprint density at radius 1 is 0.950 bits per heavy atom. The molecule has 0 saturated carbocycles. The Morgan fingerprint density at radius 3 is 2.15 bits per heavy atom. The van der Waals surface area contributed by atoms with E-state index in [1.54, 1.807) is 24.3 Å². The van der Waals surface area contributed by atoms with Gasteiger partial charge < -0.3 is 14.6 Å². The van der Waals surface area contributed by atoms with Gasteiger partial charge in [0.1, 0.15) is 30.5 Å². The molecule has 0 aromatic heterocycles. The molecule has 2 aromatic rings. The highest BCUT2D eigenvalue weighted by atomic mass is 35.5. The van der Waals surface area contributed by atoms with Crippen LogP contribution in [0.15, 0.2) is 36.4 Å². The number of phenols is 1. The maximum atomic E-state index is 9.31. The van der Waals surface area contributed by atoms with E-state index in [2.05, 4.69) is 0 Å². The first-order chi connectivity index (χ1) is 9.56. The number of halogens is 1. The molecule has 2 aromatic carbocycles. The van der Waals surface area contributed by atoms with E-state index in [-0.39, 0.29) is 5.75 Å². The molecule has 20 heavy (non-hydrogen) atoms. The molecule has 0 saturated heterocycles. The number of rotatable bonds is 5. The summed E-state index contributed by atoms with van der Waals surface area (Å²) in [7, 11) is 0. The van der Waals surface area contributed by atoms with E-state index < -0.39 is 0 Å². The van der Waals surface area contributed by atoms with Gasteiger partial charge in [-0.1, -0.05) is 17.7 Å². The standard InChI is InChI=1S/C16H17ClO3/c1-11-8-15(9-12(2)16(11)17)20-7-6-19-14-5-3-4-13(18)10-14/h3-5,8-10,18H,6-7H2,1-2H3. The SMILES string of the molecule is Cc1cc(OCCOc2cccc(O)c2)cc(C)c1Cl. The Kier molecular flexibility index (Phi) is 4.74. The third kappa shape index (κ3) is 3.81. The van der Waals surface area contributed by atoms with Crippen molar-refractivity contribution in [3.63, 3.8) is 0 Å². The summed E-state index contributed by atoms with van der Waals surface area (Å²) in [5, 5.41) is 10.1. The van der Waals surface area contributed by atoms with Crippen molar-refractivity contribution in [3.05, 3.63) is 52.5 Å². The van der Waals surface area contributed by atoms with Crippen molar-refractivity contribution < 1.29 is 14.6 Å². The maximum Gasteiger partial charge on any atom is 0.123 e. The van der Waals surface area contributed by atoms with Gasteiger partial charge in [0.2, 0.25) is 0 Å². The average Bonchev–Trinajstić information content (AvgIpc) is 2.41. The van der Waals surface area contributed by atoms with Gasteiger partial charge in [0.15, 0.2) is 0 Å². The Labute approximate surface area is 123 Å². The highest BCUT2D eigenvalue weighted by Crippen LogP contribution is 2.25. The molecule has 1 N–H and O–H groups in total. The summed E-state index contributed by atoms with van der Waals surface area (Å²) in [4.78, 5) is 0. The fourth-order valence-corrected chi connectivity index (χ4v) is 1.99. The van der Waals surface area contributed by atoms with Gasteiger partial charge in [-0.2, -0.15) is 0 Å². The van der Waals surface area contributed by atoms with Crippen molar-refractivity contribution in [2.45, 2.75) is 13.8 Å². The summed E-state index contributed by atoms with van der Waals surface area (Å²) in [6.07, 6.45) is 0. The summed E-state index contributed by atoms with van der Waals surface area (Å²) in [5.74, 6) is 1.59. The van der Waals surface area contributed by atoms with Crippen LogP contribution in [0, 0.1) is 13.8 Å². The molecular weight excluding hydrogens is 276 g/mol. The molecule has 4 heteroatoms. The van der Waals surface area contributed by atoms with Crippen LogP contribution in [0.25, 0.3) is 0 Å². The van der Waals surface area contributed by atoms with Gasteiger partial charge in [0.05, 0.1) is 0 Å². The minimum atomic E-state index is 0.187. The average molecular weight is 293 g/mol. The van der Waals surface area contributed by atoms with Crippen LogP contribution in [0.1, 0.15) is 11.1 Å². The monoisotopic (exact) mass is 292 g/mol. The number of hydrogen-bond donors (Lipinski definition) is 1. The van der Waals surface area contributed by atoms with Crippen molar-refractivity contribution in [1.82, 2.24) is 0 Å². The minimum absolute atomic E-state index is 0.187. The topological polar surface area (TPSA) is 38.7 Å². The molecule has 0 aliphatic rings. The van der Waals surface area contributed by atoms with Gasteiger partial charge >= 0.3 is 0 Å². The highest BCUT2D eigenvalue weighted by molar-refractivity contribution is 6.32. The normalized spacial score (nSPS) is 10.3. The molecule has 0 heterocycles. The second-order valence-electron chi connectivity index (χ2n) is 4.57. The highest BCUT2D eigenvalue weighted by Gasteiger charge is 2.03. The minimum Gasteiger partial charge on any atom is -0.508 e. The third-order valence-corrected chi connectivity index (χ3v) is 3.44. The summed E-state index contributed by atoms with van der Waals surface area (Å²) >= 11 is 6.10. The van der Waals surface area contributed by atoms with Crippen molar-refractivity contribution in [2.75, 3.05) is 13.2 Å². The van der Waals surface area contributed by atoms with Crippen LogP contribution in [0.2, 0.25) is 5.02 Å². The lowest BCUT2D eigenvalue weighted by atomic mass is 10.1. The van der Waals surface area contributed by atoms with Crippen molar-refractivity contribution >= 4 is 11.6 Å². The maximum absolute atomic E-state index is 9.31. The van der Waals surface area contributed by atoms with Crippen molar-refractivity contribution in [2.24, 2.45) is 0 Å². The van der Waals surface area contributed by atoms with Crippen LogP contribution in [-0.2, 0) is 0 Å².